The predicted molar refractivity (Wildman–Crippen MR) is 53.0 cm³/mol. The Morgan fingerprint density at radius 2 is 2.24 bits per heavy atom. The van der Waals surface area contributed by atoms with Crippen LogP contribution in [0.15, 0.2) is 6.07 Å². The van der Waals surface area contributed by atoms with E-state index in [4.69, 9.17) is 5.73 Å². The van der Waals surface area contributed by atoms with Gasteiger partial charge in [-0.1, -0.05) is 0 Å². The highest BCUT2D eigenvalue weighted by Gasteiger charge is 2.23. The van der Waals surface area contributed by atoms with Gasteiger partial charge in [0.25, 0.3) is 6.43 Å². The zero-order valence-corrected chi connectivity index (χ0v) is 9.04. The van der Waals surface area contributed by atoms with Crippen molar-refractivity contribution in [2.24, 2.45) is 5.73 Å². The molecular weight excluding hydrogens is 237 g/mol. The second-order valence-electron chi connectivity index (χ2n) is 3.08. The van der Waals surface area contributed by atoms with Crippen molar-refractivity contribution in [3.8, 4) is 0 Å². The van der Waals surface area contributed by atoms with E-state index in [0.717, 1.165) is 0 Å². The van der Waals surface area contributed by atoms with Crippen molar-refractivity contribution in [3.63, 3.8) is 0 Å². The number of halogens is 3. The first-order chi connectivity index (χ1) is 8.01. The summed E-state index contributed by atoms with van der Waals surface area (Å²) in [5.74, 6) is -1.98. The lowest BCUT2D eigenvalue weighted by atomic mass is 10.1. The summed E-state index contributed by atoms with van der Waals surface area (Å²) in [5, 5.41) is 0. The van der Waals surface area contributed by atoms with Crippen molar-refractivity contribution in [2.75, 3.05) is 6.61 Å². The van der Waals surface area contributed by atoms with Gasteiger partial charge >= 0.3 is 5.97 Å². The summed E-state index contributed by atoms with van der Waals surface area (Å²) in [6.45, 7) is 1.24. The molecule has 0 amide bonds. The number of nitrogens with two attached hydrogens (primary N) is 1. The Balaban J connectivity index is 3.28. The van der Waals surface area contributed by atoms with E-state index in [1.54, 1.807) is 0 Å². The van der Waals surface area contributed by atoms with Crippen LogP contribution in [0.25, 0.3) is 0 Å². The molecule has 1 aromatic rings. The minimum Gasteiger partial charge on any atom is -0.461 e. The average molecular weight is 248 g/mol. The van der Waals surface area contributed by atoms with Crippen LogP contribution in [-0.2, 0) is 11.3 Å². The summed E-state index contributed by atoms with van der Waals surface area (Å²) >= 11 is 0. The zero-order valence-electron chi connectivity index (χ0n) is 9.04. The van der Waals surface area contributed by atoms with Gasteiger partial charge in [-0.2, -0.15) is 0 Å². The summed E-state index contributed by atoms with van der Waals surface area (Å²) in [6, 6.07) is 0.562. The lowest BCUT2D eigenvalue weighted by molar-refractivity contribution is 0.0507. The topological polar surface area (TPSA) is 65.2 Å². The summed E-state index contributed by atoms with van der Waals surface area (Å²) in [4.78, 5) is 14.8. The van der Waals surface area contributed by atoms with Crippen molar-refractivity contribution in [3.05, 3.63) is 28.8 Å². The van der Waals surface area contributed by atoms with E-state index in [9.17, 15) is 18.0 Å². The number of alkyl halides is 2. The summed E-state index contributed by atoms with van der Waals surface area (Å²) < 4.78 is 43.0. The first-order valence-electron chi connectivity index (χ1n) is 4.85. The average Bonchev–Trinajstić information content (AvgIpc) is 2.28. The van der Waals surface area contributed by atoms with Crippen LogP contribution in [-0.4, -0.2) is 17.6 Å². The Morgan fingerprint density at radius 3 is 2.71 bits per heavy atom. The van der Waals surface area contributed by atoms with Gasteiger partial charge in [-0.3, -0.25) is 0 Å². The highest BCUT2D eigenvalue weighted by atomic mass is 19.3. The summed E-state index contributed by atoms with van der Waals surface area (Å²) in [6.07, 6.45) is -3.01. The minimum atomic E-state index is -3.01. The molecule has 94 valence electrons. The van der Waals surface area contributed by atoms with E-state index in [1.165, 1.54) is 6.92 Å². The van der Waals surface area contributed by atoms with Crippen LogP contribution in [0.3, 0.4) is 0 Å². The minimum absolute atomic E-state index is 0.0124. The molecule has 0 atom stereocenters. The standard InChI is InChI=1S/C10H11F3N2O2/c1-2-17-10(16)8-5(9(12)13)3-6(11)7(4-14)15-8/h3,9H,2,4,14H2,1H3. The molecule has 1 aromatic heterocycles. The number of pyridine rings is 1. The number of aromatic nitrogens is 1. The molecule has 1 heterocycles. The lowest BCUT2D eigenvalue weighted by Crippen LogP contribution is -2.15. The number of carbonyl (C=O) groups is 1. The number of rotatable bonds is 4. The molecule has 0 aliphatic heterocycles. The van der Waals surface area contributed by atoms with Gasteiger partial charge in [0.2, 0.25) is 0 Å². The fourth-order valence-corrected chi connectivity index (χ4v) is 1.21. The Bertz CT molecular complexity index is 424. The smallest absolute Gasteiger partial charge is 0.357 e. The molecule has 17 heavy (non-hydrogen) atoms. The molecule has 0 aromatic carbocycles. The molecule has 0 saturated carbocycles. The molecule has 0 bridgehead atoms. The third-order valence-electron chi connectivity index (χ3n) is 1.98. The van der Waals surface area contributed by atoms with Gasteiger partial charge in [-0.05, 0) is 13.0 Å². The third-order valence-corrected chi connectivity index (χ3v) is 1.98. The van der Waals surface area contributed by atoms with Crippen molar-refractivity contribution in [1.82, 2.24) is 4.98 Å². The van der Waals surface area contributed by atoms with E-state index < -0.39 is 29.5 Å². The van der Waals surface area contributed by atoms with Crippen LogP contribution in [0, 0.1) is 5.82 Å². The molecule has 0 spiro atoms. The van der Waals surface area contributed by atoms with Crippen molar-refractivity contribution in [2.45, 2.75) is 19.9 Å². The molecule has 0 saturated heterocycles. The van der Waals surface area contributed by atoms with E-state index in [0.29, 0.717) is 6.07 Å². The maximum atomic E-state index is 13.2. The predicted octanol–water partition coefficient (Wildman–Crippen LogP) is 1.79. The number of nitrogens with zero attached hydrogens (tertiary/aromatic N) is 1. The number of hydrogen-bond acceptors (Lipinski definition) is 4. The SMILES string of the molecule is CCOC(=O)c1nc(CN)c(F)cc1C(F)F. The molecule has 0 fully saturated rings. The molecule has 0 radical (unpaired) electrons. The number of carbonyl (C=O) groups excluding carboxylic acids is 1. The fourth-order valence-electron chi connectivity index (χ4n) is 1.21. The quantitative estimate of drug-likeness (QED) is 0.825. The molecule has 2 N–H and O–H groups in total. The molecule has 0 aliphatic rings. The van der Waals surface area contributed by atoms with Gasteiger partial charge in [0, 0.05) is 6.54 Å². The maximum absolute atomic E-state index is 13.2. The molecule has 4 nitrogen and oxygen atoms in total. The first-order valence-corrected chi connectivity index (χ1v) is 4.85. The van der Waals surface area contributed by atoms with E-state index in [2.05, 4.69) is 9.72 Å². The van der Waals surface area contributed by atoms with E-state index >= 15 is 0 Å². The molecule has 1 rings (SSSR count). The fraction of sp³-hybridized carbons (Fsp3) is 0.400. The van der Waals surface area contributed by atoms with Gasteiger partial charge in [-0.15, -0.1) is 0 Å². The van der Waals surface area contributed by atoms with Crippen LogP contribution in [0.5, 0.6) is 0 Å². The van der Waals surface area contributed by atoms with Crippen LogP contribution < -0.4 is 5.73 Å². The van der Waals surface area contributed by atoms with Crippen molar-refractivity contribution >= 4 is 5.97 Å². The zero-order chi connectivity index (χ0) is 13.0. The molecule has 7 heteroatoms. The van der Waals surface area contributed by atoms with Gasteiger partial charge in [0.15, 0.2) is 5.69 Å². The highest BCUT2D eigenvalue weighted by molar-refractivity contribution is 5.89. The maximum Gasteiger partial charge on any atom is 0.357 e. The number of esters is 1. The number of ether oxygens (including phenoxy) is 1. The lowest BCUT2D eigenvalue weighted by Gasteiger charge is -2.09. The van der Waals surface area contributed by atoms with Crippen LogP contribution >= 0.6 is 0 Å². The summed E-state index contributed by atoms with van der Waals surface area (Å²) in [7, 11) is 0. The van der Waals surface area contributed by atoms with Crippen molar-refractivity contribution < 1.29 is 22.7 Å². The monoisotopic (exact) mass is 248 g/mol. The van der Waals surface area contributed by atoms with E-state index in [-0.39, 0.29) is 18.8 Å². The Morgan fingerprint density at radius 1 is 1.59 bits per heavy atom. The van der Waals surface area contributed by atoms with Gasteiger partial charge in [0.05, 0.1) is 17.9 Å². The highest BCUT2D eigenvalue weighted by Crippen LogP contribution is 2.24. The van der Waals surface area contributed by atoms with E-state index in [1.807, 2.05) is 0 Å². The third kappa shape index (κ3) is 2.94. The Hall–Kier alpha value is -1.63. The van der Waals surface area contributed by atoms with Crippen molar-refractivity contribution in [1.29, 1.82) is 0 Å². The van der Waals surface area contributed by atoms with Gasteiger partial charge in [-0.25, -0.2) is 22.9 Å². The second-order valence-corrected chi connectivity index (χ2v) is 3.08. The normalized spacial score (nSPS) is 10.7. The second kappa shape index (κ2) is 5.62. The number of hydrogen-bond donors (Lipinski definition) is 1. The van der Waals surface area contributed by atoms with Gasteiger partial charge < -0.3 is 10.5 Å². The Labute approximate surface area is 95.6 Å². The first kappa shape index (κ1) is 13.4. The van der Waals surface area contributed by atoms with Gasteiger partial charge in [0.1, 0.15) is 5.82 Å². The molecule has 0 unspecified atom stereocenters. The Kier molecular flexibility index (Phi) is 4.45. The van der Waals surface area contributed by atoms with Crippen LogP contribution in [0.1, 0.15) is 35.1 Å². The molecule has 0 aliphatic carbocycles. The van der Waals surface area contributed by atoms with Crippen LogP contribution in [0.4, 0.5) is 13.2 Å². The largest absolute Gasteiger partial charge is 0.461 e. The summed E-state index contributed by atoms with van der Waals surface area (Å²) in [5.41, 5.74) is 3.54. The molecular formula is C10H11F3N2O2. The van der Waals surface area contributed by atoms with Crippen LogP contribution in [0.2, 0.25) is 0 Å².